The molecule has 0 saturated carbocycles. The lowest BCUT2D eigenvalue weighted by Crippen LogP contribution is -2.41. The monoisotopic (exact) mass is 452 g/mol. The van der Waals surface area contributed by atoms with E-state index in [4.69, 9.17) is 14.2 Å². The number of carbonyl (C=O) groups excluding carboxylic acids is 1. The Morgan fingerprint density at radius 2 is 1.85 bits per heavy atom. The van der Waals surface area contributed by atoms with Gasteiger partial charge in [-0.25, -0.2) is 4.79 Å². The van der Waals surface area contributed by atoms with Gasteiger partial charge in [0.1, 0.15) is 0 Å². The summed E-state index contributed by atoms with van der Waals surface area (Å²) >= 11 is 0. The molecule has 5 rings (SSSR count). The van der Waals surface area contributed by atoms with E-state index < -0.39 is 11.2 Å². The molecule has 3 heterocycles. The number of rotatable bonds is 6. The summed E-state index contributed by atoms with van der Waals surface area (Å²) in [5, 5.41) is 3.22. The number of aromatic nitrogens is 2. The zero-order valence-electron chi connectivity index (χ0n) is 18.0. The number of hydrogen-bond donors (Lipinski definition) is 2. The van der Waals surface area contributed by atoms with Crippen molar-refractivity contribution in [2.45, 2.75) is 6.54 Å². The third-order valence-corrected chi connectivity index (χ3v) is 5.84. The first-order valence-corrected chi connectivity index (χ1v) is 10.8. The first kappa shape index (κ1) is 21.2. The second-order valence-electron chi connectivity index (χ2n) is 7.98. The zero-order chi connectivity index (χ0) is 22.8. The maximum absolute atomic E-state index is 13.0. The molecule has 2 aliphatic heterocycles. The van der Waals surface area contributed by atoms with Gasteiger partial charge in [0, 0.05) is 31.7 Å². The minimum atomic E-state index is -0.546. The Balaban J connectivity index is 1.32. The van der Waals surface area contributed by atoms with Gasteiger partial charge in [0.25, 0.3) is 11.5 Å². The van der Waals surface area contributed by atoms with Crippen LogP contribution in [0.3, 0.4) is 0 Å². The molecule has 3 aromatic rings. The standard InChI is InChI=1S/C23H24N4O6/c28-21(24-5-6-26-7-9-31-10-8-26)16-2-3-17-18(12-16)25-23(30)27(22(17)29)13-15-1-4-19-20(11-15)33-14-32-19/h1-4,11-12H,5-10,13-14H2,(H,24,28)(H,25,30). The molecule has 1 amide bonds. The molecule has 2 aliphatic rings. The predicted octanol–water partition coefficient (Wildman–Crippen LogP) is 0.529. The molecule has 0 bridgehead atoms. The number of benzene rings is 2. The number of ether oxygens (including phenoxy) is 3. The molecular formula is C23H24N4O6. The molecule has 1 aromatic heterocycles. The summed E-state index contributed by atoms with van der Waals surface area (Å²) in [6.45, 7) is 4.60. The maximum Gasteiger partial charge on any atom is 0.329 e. The molecule has 0 unspecified atom stereocenters. The van der Waals surface area contributed by atoms with Crippen LogP contribution in [0.15, 0.2) is 46.0 Å². The van der Waals surface area contributed by atoms with Gasteiger partial charge in [-0.05, 0) is 35.9 Å². The number of carbonyl (C=O) groups is 1. The van der Waals surface area contributed by atoms with Crippen LogP contribution in [0.5, 0.6) is 11.5 Å². The molecule has 10 heteroatoms. The largest absolute Gasteiger partial charge is 0.454 e. The van der Waals surface area contributed by atoms with Gasteiger partial charge in [-0.2, -0.15) is 0 Å². The fraction of sp³-hybridized carbons (Fsp3) is 0.348. The van der Waals surface area contributed by atoms with Crippen LogP contribution in [-0.4, -0.2) is 66.5 Å². The first-order valence-electron chi connectivity index (χ1n) is 10.8. The maximum atomic E-state index is 13.0. The van der Waals surface area contributed by atoms with Gasteiger partial charge in [0.2, 0.25) is 6.79 Å². The summed E-state index contributed by atoms with van der Waals surface area (Å²) < 4.78 is 17.1. The van der Waals surface area contributed by atoms with Crippen molar-refractivity contribution in [1.82, 2.24) is 19.8 Å². The molecule has 1 saturated heterocycles. The number of fused-ring (bicyclic) bond motifs is 2. The van der Waals surface area contributed by atoms with E-state index in [0.717, 1.165) is 29.8 Å². The van der Waals surface area contributed by atoms with Crippen molar-refractivity contribution in [3.05, 3.63) is 68.4 Å². The highest BCUT2D eigenvalue weighted by Crippen LogP contribution is 2.32. The van der Waals surface area contributed by atoms with Crippen molar-refractivity contribution >= 4 is 16.8 Å². The second-order valence-corrected chi connectivity index (χ2v) is 7.98. The fourth-order valence-corrected chi connectivity index (χ4v) is 4.02. The van der Waals surface area contributed by atoms with E-state index in [2.05, 4.69) is 15.2 Å². The van der Waals surface area contributed by atoms with E-state index in [-0.39, 0.29) is 19.2 Å². The lowest BCUT2D eigenvalue weighted by atomic mass is 10.1. The molecule has 1 fully saturated rings. The summed E-state index contributed by atoms with van der Waals surface area (Å²) in [6.07, 6.45) is 0. The summed E-state index contributed by atoms with van der Waals surface area (Å²) in [4.78, 5) is 43.1. The zero-order valence-corrected chi connectivity index (χ0v) is 18.0. The van der Waals surface area contributed by atoms with E-state index in [1.165, 1.54) is 6.07 Å². The molecule has 33 heavy (non-hydrogen) atoms. The van der Waals surface area contributed by atoms with Crippen LogP contribution in [0.2, 0.25) is 0 Å². The third kappa shape index (κ3) is 4.48. The highest BCUT2D eigenvalue weighted by molar-refractivity contribution is 5.97. The Morgan fingerprint density at radius 3 is 2.70 bits per heavy atom. The predicted molar refractivity (Wildman–Crippen MR) is 120 cm³/mol. The molecule has 0 atom stereocenters. The smallest absolute Gasteiger partial charge is 0.329 e. The average molecular weight is 452 g/mol. The molecule has 0 radical (unpaired) electrons. The van der Waals surface area contributed by atoms with Crippen LogP contribution < -0.4 is 26.0 Å². The van der Waals surface area contributed by atoms with Crippen LogP contribution in [-0.2, 0) is 11.3 Å². The van der Waals surface area contributed by atoms with Crippen LogP contribution in [0, 0.1) is 0 Å². The Kier molecular flexibility index (Phi) is 5.84. The number of amides is 1. The Hall–Kier alpha value is -3.63. The highest BCUT2D eigenvalue weighted by Gasteiger charge is 2.16. The number of H-pyrrole nitrogens is 1. The van der Waals surface area contributed by atoms with Gasteiger partial charge in [-0.1, -0.05) is 6.07 Å². The van der Waals surface area contributed by atoms with Gasteiger partial charge >= 0.3 is 5.69 Å². The molecule has 0 spiro atoms. The number of nitrogens with one attached hydrogen (secondary N) is 2. The number of aromatic amines is 1. The Bertz CT molecular complexity index is 1310. The van der Waals surface area contributed by atoms with E-state index in [1.807, 2.05) is 0 Å². The number of hydrogen-bond acceptors (Lipinski definition) is 7. The SMILES string of the molecule is O=C(NCCN1CCOCC1)c1ccc2c(=O)n(Cc3ccc4c(c3)OCO4)c(=O)[nH]c2c1. The number of nitrogens with zero attached hydrogens (tertiary/aromatic N) is 2. The Labute approximate surface area is 188 Å². The van der Waals surface area contributed by atoms with E-state index in [0.29, 0.717) is 47.7 Å². The molecule has 172 valence electrons. The lowest BCUT2D eigenvalue weighted by Gasteiger charge is -2.26. The molecule has 2 N–H and O–H groups in total. The van der Waals surface area contributed by atoms with Crippen LogP contribution in [0.1, 0.15) is 15.9 Å². The Morgan fingerprint density at radius 1 is 1.03 bits per heavy atom. The summed E-state index contributed by atoms with van der Waals surface area (Å²) in [6, 6.07) is 9.99. The highest BCUT2D eigenvalue weighted by atomic mass is 16.7. The van der Waals surface area contributed by atoms with Gasteiger partial charge in [0.05, 0.1) is 30.7 Å². The van der Waals surface area contributed by atoms with Crippen LogP contribution in [0.4, 0.5) is 0 Å². The van der Waals surface area contributed by atoms with Crippen molar-refractivity contribution in [3.8, 4) is 11.5 Å². The van der Waals surface area contributed by atoms with E-state index >= 15 is 0 Å². The number of morpholine rings is 1. The molecule has 0 aliphatic carbocycles. The summed E-state index contributed by atoms with van der Waals surface area (Å²) in [5.41, 5.74) is 0.476. The summed E-state index contributed by atoms with van der Waals surface area (Å²) in [5.74, 6) is 0.965. The van der Waals surface area contributed by atoms with Crippen molar-refractivity contribution in [2.75, 3.05) is 46.2 Å². The fourth-order valence-electron chi connectivity index (χ4n) is 4.02. The van der Waals surface area contributed by atoms with Crippen LogP contribution in [0.25, 0.3) is 10.9 Å². The minimum Gasteiger partial charge on any atom is -0.454 e. The molecule has 10 nitrogen and oxygen atoms in total. The van der Waals surface area contributed by atoms with E-state index in [1.54, 1.807) is 30.3 Å². The van der Waals surface area contributed by atoms with Crippen LogP contribution >= 0.6 is 0 Å². The van der Waals surface area contributed by atoms with E-state index in [9.17, 15) is 14.4 Å². The van der Waals surface area contributed by atoms with Crippen molar-refractivity contribution in [3.63, 3.8) is 0 Å². The van der Waals surface area contributed by atoms with Gasteiger partial charge in [0.15, 0.2) is 11.5 Å². The molecule has 2 aromatic carbocycles. The third-order valence-electron chi connectivity index (χ3n) is 5.84. The lowest BCUT2D eigenvalue weighted by molar-refractivity contribution is 0.0383. The van der Waals surface area contributed by atoms with Gasteiger partial charge in [-0.15, -0.1) is 0 Å². The first-order chi connectivity index (χ1) is 16.1. The quantitative estimate of drug-likeness (QED) is 0.561. The van der Waals surface area contributed by atoms with Gasteiger partial charge < -0.3 is 24.5 Å². The van der Waals surface area contributed by atoms with Gasteiger partial charge in [-0.3, -0.25) is 19.1 Å². The minimum absolute atomic E-state index is 0.0878. The van der Waals surface area contributed by atoms with Crippen molar-refractivity contribution in [1.29, 1.82) is 0 Å². The topological polar surface area (TPSA) is 115 Å². The van der Waals surface area contributed by atoms with Crippen molar-refractivity contribution < 1.29 is 19.0 Å². The average Bonchev–Trinajstić information content (AvgIpc) is 3.30. The molecular weight excluding hydrogens is 428 g/mol. The normalized spacial score (nSPS) is 15.6. The van der Waals surface area contributed by atoms with Crippen molar-refractivity contribution in [2.24, 2.45) is 0 Å². The second kappa shape index (κ2) is 9.08. The summed E-state index contributed by atoms with van der Waals surface area (Å²) in [7, 11) is 0.